The van der Waals surface area contributed by atoms with Gasteiger partial charge in [-0.1, -0.05) is 19.1 Å². The Hall–Kier alpha value is -2.01. The maximum Gasteiger partial charge on any atom is 0.264 e. The number of rotatable bonds is 5. The number of fused-ring (bicyclic) bond motifs is 2. The monoisotopic (exact) mass is 357 g/mol. The molecule has 0 saturated heterocycles. The highest BCUT2D eigenvalue weighted by Gasteiger charge is 2.27. The smallest absolute Gasteiger partial charge is 0.264 e. The maximum absolute atomic E-state index is 13.0. The van der Waals surface area contributed by atoms with Gasteiger partial charge >= 0.3 is 0 Å². The summed E-state index contributed by atoms with van der Waals surface area (Å²) in [7, 11) is 0. The Kier molecular flexibility index (Phi) is 4.66. The van der Waals surface area contributed by atoms with Crippen molar-refractivity contribution >= 4 is 17.2 Å². The number of benzene rings is 1. The predicted octanol–water partition coefficient (Wildman–Crippen LogP) is 3.93. The summed E-state index contributed by atoms with van der Waals surface area (Å²) in [6.45, 7) is 3.88. The highest BCUT2D eigenvalue weighted by atomic mass is 32.1. The van der Waals surface area contributed by atoms with E-state index >= 15 is 0 Å². The van der Waals surface area contributed by atoms with E-state index in [-0.39, 0.29) is 12.0 Å². The highest BCUT2D eigenvalue weighted by molar-refractivity contribution is 7.14. The Labute approximate surface area is 152 Å². The summed E-state index contributed by atoms with van der Waals surface area (Å²) in [4.78, 5) is 17.2. The molecule has 4 nitrogen and oxygen atoms in total. The Balaban J connectivity index is 1.46. The van der Waals surface area contributed by atoms with Gasteiger partial charge in [0.2, 0.25) is 0 Å². The third-order valence-electron chi connectivity index (χ3n) is 4.73. The van der Waals surface area contributed by atoms with E-state index < -0.39 is 0 Å². The third kappa shape index (κ3) is 3.38. The summed E-state index contributed by atoms with van der Waals surface area (Å²) in [5.41, 5.74) is 1.37. The van der Waals surface area contributed by atoms with Gasteiger partial charge in [-0.05, 0) is 49.4 Å². The number of carbonyl (C=O) groups is 1. The summed E-state index contributed by atoms with van der Waals surface area (Å²) in [5.74, 6) is 1.67. The minimum Gasteiger partial charge on any atom is -0.486 e. The predicted molar refractivity (Wildman–Crippen MR) is 98.9 cm³/mol. The van der Waals surface area contributed by atoms with E-state index in [9.17, 15) is 4.79 Å². The van der Waals surface area contributed by atoms with Crippen LogP contribution >= 0.6 is 11.3 Å². The number of hydrogen-bond acceptors (Lipinski definition) is 4. The zero-order chi connectivity index (χ0) is 17.2. The molecule has 2 aliphatic rings. The Morgan fingerprint density at radius 1 is 1.28 bits per heavy atom. The molecule has 132 valence electrons. The Bertz CT molecular complexity index is 749. The van der Waals surface area contributed by atoms with Crippen molar-refractivity contribution in [1.82, 2.24) is 4.90 Å². The summed E-state index contributed by atoms with van der Waals surface area (Å²) in [6.07, 6.45) is 4.26. The first-order chi connectivity index (χ1) is 12.2. The topological polar surface area (TPSA) is 38.8 Å². The summed E-state index contributed by atoms with van der Waals surface area (Å²) >= 11 is 1.67. The molecule has 0 spiro atoms. The normalized spacial score (nSPS) is 18.0. The van der Waals surface area contributed by atoms with Gasteiger partial charge in [0.05, 0.1) is 11.4 Å². The molecule has 1 aromatic heterocycles. The van der Waals surface area contributed by atoms with Gasteiger partial charge in [-0.15, -0.1) is 11.3 Å². The molecular formula is C20H23NO3S. The molecule has 25 heavy (non-hydrogen) atoms. The first-order valence-electron chi connectivity index (χ1n) is 9.04. The molecule has 0 radical (unpaired) electrons. The van der Waals surface area contributed by atoms with Gasteiger partial charge in [-0.2, -0.15) is 0 Å². The van der Waals surface area contributed by atoms with Crippen LogP contribution in [0.5, 0.6) is 11.5 Å². The van der Waals surface area contributed by atoms with E-state index in [2.05, 4.69) is 13.0 Å². The van der Waals surface area contributed by atoms with Crippen LogP contribution in [0, 0.1) is 0 Å². The molecule has 2 heterocycles. The number of ether oxygens (including phenoxy) is 2. The van der Waals surface area contributed by atoms with Crippen LogP contribution < -0.4 is 9.47 Å². The third-order valence-corrected chi connectivity index (χ3v) is 5.95. The molecule has 0 N–H and O–H groups in total. The molecule has 1 aliphatic heterocycles. The number of aryl methyl sites for hydroxylation is 2. The number of thiophene rings is 1. The van der Waals surface area contributed by atoms with E-state index in [0.717, 1.165) is 42.2 Å². The van der Waals surface area contributed by atoms with Crippen molar-refractivity contribution in [3.8, 4) is 11.5 Å². The van der Waals surface area contributed by atoms with E-state index in [1.54, 1.807) is 11.3 Å². The standard InChI is InChI=1S/C20H23NO3S/c1-2-10-21(20(22)19-11-14-6-5-9-18(14)25-19)12-15-13-23-16-7-3-4-8-17(16)24-15/h3-4,7-8,11,15H,2,5-6,9-10,12-13H2,1H3. The number of hydrogen-bond donors (Lipinski definition) is 0. The van der Waals surface area contributed by atoms with Crippen molar-refractivity contribution in [2.24, 2.45) is 0 Å². The van der Waals surface area contributed by atoms with E-state index in [4.69, 9.17) is 9.47 Å². The number of amides is 1. The molecule has 0 saturated carbocycles. The lowest BCUT2D eigenvalue weighted by atomic mass is 10.2. The fourth-order valence-corrected chi connectivity index (χ4v) is 4.76. The van der Waals surface area contributed by atoms with Gasteiger partial charge in [0.1, 0.15) is 6.61 Å². The number of nitrogens with zero attached hydrogens (tertiary/aromatic N) is 1. The van der Waals surface area contributed by atoms with Crippen LogP contribution in [0.15, 0.2) is 30.3 Å². The van der Waals surface area contributed by atoms with E-state index in [0.29, 0.717) is 13.2 Å². The van der Waals surface area contributed by atoms with Gasteiger partial charge in [0.25, 0.3) is 5.91 Å². The van der Waals surface area contributed by atoms with Gasteiger partial charge in [-0.3, -0.25) is 4.79 Å². The average Bonchev–Trinajstić information content (AvgIpc) is 3.22. The lowest BCUT2D eigenvalue weighted by molar-refractivity contribution is 0.0465. The quantitative estimate of drug-likeness (QED) is 0.814. The van der Waals surface area contributed by atoms with Crippen LogP contribution in [0.1, 0.15) is 39.9 Å². The van der Waals surface area contributed by atoms with Crippen LogP contribution in [0.3, 0.4) is 0 Å². The van der Waals surface area contributed by atoms with Crippen molar-refractivity contribution in [2.75, 3.05) is 19.7 Å². The summed E-state index contributed by atoms with van der Waals surface area (Å²) in [5, 5.41) is 0. The van der Waals surface area contributed by atoms with Gasteiger partial charge in [0.15, 0.2) is 17.6 Å². The SMILES string of the molecule is CCCN(CC1COc2ccccc2O1)C(=O)c1cc2c(s1)CCC2. The molecule has 0 bridgehead atoms. The first-order valence-corrected chi connectivity index (χ1v) is 9.85. The minimum absolute atomic E-state index is 0.128. The second-order valence-electron chi connectivity index (χ2n) is 6.66. The zero-order valence-electron chi connectivity index (χ0n) is 14.5. The summed E-state index contributed by atoms with van der Waals surface area (Å²) in [6, 6.07) is 9.80. The van der Waals surface area contributed by atoms with Gasteiger partial charge in [0, 0.05) is 11.4 Å². The average molecular weight is 357 g/mol. The molecule has 0 fully saturated rings. The van der Waals surface area contributed by atoms with Crippen molar-refractivity contribution < 1.29 is 14.3 Å². The highest BCUT2D eigenvalue weighted by Crippen LogP contribution is 2.33. The Morgan fingerprint density at radius 3 is 2.92 bits per heavy atom. The van der Waals surface area contributed by atoms with Crippen LogP contribution in [0.4, 0.5) is 0 Å². The Morgan fingerprint density at radius 2 is 2.12 bits per heavy atom. The van der Waals surface area contributed by atoms with Gasteiger partial charge in [-0.25, -0.2) is 0 Å². The molecule has 2 aromatic rings. The fourth-order valence-electron chi connectivity index (χ4n) is 3.53. The van der Waals surface area contributed by atoms with Crippen molar-refractivity contribution in [3.63, 3.8) is 0 Å². The zero-order valence-corrected chi connectivity index (χ0v) is 15.3. The number of para-hydroxylation sites is 2. The molecular weight excluding hydrogens is 334 g/mol. The lowest BCUT2D eigenvalue weighted by Crippen LogP contribution is -2.43. The first kappa shape index (κ1) is 16.5. The van der Waals surface area contributed by atoms with Crippen LogP contribution in [0.2, 0.25) is 0 Å². The van der Waals surface area contributed by atoms with Gasteiger partial charge < -0.3 is 14.4 Å². The molecule has 5 heteroatoms. The van der Waals surface area contributed by atoms with E-state index in [1.165, 1.54) is 16.9 Å². The van der Waals surface area contributed by atoms with Crippen molar-refractivity contribution in [2.45, 2.75) is 38.7 Å². The second-order valence-corrected chi connectivity index (χ2v) is 7.80. The molecule has 1 unspecified atom stereocenters. The van der Waals surface area contributed by atoms with Crippen molar-refractivity contribution in [3.05, 3.63) is 45.6 Å². The lowest BCUT2D eigenvalue weighted by Gasteiger charge is -2.31. The fraction of sp³-hybridized carbons (Fsp3) is 0.450. The van der Waals surface area contributed by atoms with Crippen LogP contribution in [-0.4, -0.2) is 36.6 Å². The molecule has 4 rings (SSSR count). The van der Waals surface area contributed by atoms with Crippen LogP contribution in [0.25, 0.3) is 0 Å². The molecule has 1 aromatic carbocycles. The van der Waals surface area contributed by atoms with Crippen molar-refractivity contribution in [1.29, 1.82) is 0 Å². The molecule has 1 amide bonds. The number of carbonyl (C=O) groups excluding carboxylic acids is 1. The van der Waals surface area contributed by atoms with Crippen LogP contribution in [-0.2, 0) is 12.8 Å². The molecule has 1 aliphatic carbocycles. The minimum atomic E-state index is -0.128. The maximum atomic E-state index is 13.0. The molecule has 1 atom stereocenters. The van der Waals surface area contributed by atoms with E-state index in [1.807, 2.05) is 29.2 Å². The summed E-state index contributed by atoms with van der Waals surface area (Å²) < 4.78 is 11.8. The second kappa shape index (κ2) is 7.08. The largest absolute Gasteiger partial charge is 0.486 e.